The van der Waals surface area contributed by atoms with E-state index in [4.69, 9.17) is 15.2 Å². The summed E-state index contributed by atoms with van der Waals surface area (Å²) in [5.41, 5.74) is 7.32. The summed E-state index contributed by atoms with van der Waals surface area (Å²) in [6.45, 7) is 0.406. The summed E-state index contributed by atoms with van der Waals surface area (Å²) in [5.74, 6) is 1.29. The van der Waals surface area contributed by atoms with Crippen LogP contribution in [0.15, 0.2) is 24.3 Å². The molecule has 1 aromatic carbocycles. The number of aromatic nitrogens is 1. The summed E-state index contributed by atoms with van der Waals surface area (Å²) in [4.78, 5) is 4.41. The first-order valence-electron chi connectivity index (χ1n) is 5.01. The van der Waals surface area contributed by atoms with Gasteiger partial charge in [-0.3, -0.25) is 0 Å². The predicted octanol–water partition coefficient (Wildman–Crippen LogP) is 1.71. The van der Waals surface area contributed by atoms with Crippen LogP contribution in [-0.2, 0) is 6.54 Å². The smallest absolute Gasteiger partial charge is 0.218 e. The van der Waals surface area contributed by atoms with Crippen LogP contribution in [0.1, 0.15) is 5.56 Å². The Morgan fingerprint density at radius 1 is 1.25 bits per heavy atom. The van der Waals surface area contributed by atoms with Gasteiger partial charge in [-0.1, -0.05) is 12.1 Å². The first-order chi connectivity index (χ1) is 7.80. The van der Waals surface area contributed by atoms with Crippen LogP contribution < -0.4 is 15.2 Å². The van der Waals surface area contributed by atoms with Crippen molar-refractivity contribution in [3.05, 3.63) is 29.8 Å². The molecule has 16 heavy (non-hydrogen) atoms. The van der Waals surface area contributed by atoms with Crippen molar-refractivity contribution in [1.82, 2.24) is 4.98 Å². The first-order valence-corrected chi connectivity index (χ1v) is 5.01. The maximum absolute atomic E-state index is 5.64. The van der Waals surface area contributed by atoms with Crippen molar-refractivity contribution in [1.29, 1.82) is 0 Å². The van der Waals surface area contributed by atoms with Gasteiger partial charge in [-0.15, -0.1) is 0 Å². The lowest BCUT2D eigenvalue weighted by Crippen LogP contribution is -2.02. The highest BCUT2D eigenvalue weighted by molar-refractivity contribution is 5.85. The molecule has 0 saturated heterocycles. The minimum absolute atomic E-state index is 0.406. The standard InChI is InChI=1S/C12H14N2O2/c1-15-10-5-3-4-8-6-9(7-13)12(16-2)14-11(8)10/h3-6H,7,13H2,1-2H3. The van der Waals surface area contributed by atoms with Crippen molar-refractivity contribution in [2.75, 3.05) is 14.2 Å². The number of benzene rings is 1. The molecule has 0 radical (unpaired) electrons. The zero-order valence-corrected chi connectivity index (χ0v) is 9.36. The molecule has 2 rings (SSSR count). The molecular formula is C12H14N2O2. The van der Waals surface area contributed by atoms with Gasteiger partial charge in [0.15, 0.2) is 0 Å². The highest BCUT2D eigenvalue weighted by atomic mass is 16.5. The fourth-order valence-corrected chi connectivity index (χ4v) is 1.69. The Labute approximate surface area is 94.0 Å². The van der Waals surface area contributed by atoms with Crippen LogP contribution in [0.5, 0.6) is 11.6 Å². The number of nitrogens with zero attached hydrogens (tertiary/aromatic N) is 1. The van der Waals surface area contributed by atoms with Gasteiger partial charge in [0.2, 0.25) is 5.88 Å². The quantitative estimate of drug-likeness (QED) is 0.852. The summed E-state index contributed by atoms with van der Waals surface area (Å²) in [6, 6.07) is 7.75. The molecule has 0 unspecified atom stereocenters. The van der Waals surface area contributed by atoms with E-state index >= 15 is 0 Å². The van der Waals surface area contributed by atoms with Crippen molar-refractivity contribution in [3.8, 4) is 11.6 Å². The third kappa shape index (κ3) is 1.67. The van der Waals surface area contributed by atoms with Crippen LogP contribution in [-0.4, -0.2) is 19.2 Å². The first kappa shape index (κ1) is 10.7. The number of hydrogen-bond acceptors (Lipinski definition) is 4. The van der Waals surface area contributed by atoms with Crippen molar-refractivity contribution < 1.29 is 9.47 Å². The van der Waals surface area contributed by atoms with Gasteiger partial charge in [-0.05, 0) is 12.1 Å². The van der Waals surface area contributed by atoms with Crippen LogP contribution in [0.4, 0.5) is 0 Å². The maximum atomic E-state index is 5.64. The third-order valence-electron chi connectivity index (χ3n) is 2.48. The van der Waals surface area contributed by atoms with E-state index in [1.807, 2.05) is 24.3 Å². The Morgan fingerprint density at radius 2 is 2.06 bits per heavy atom. The van der Waals surface area contributed by atoms with Crippen LogP contribution >= 0.6 is 0 Å². The van der Waals surface area contributed by atoms with Gasteiger partial charge < -0.3 is 15.2 Å². The van der Waals surface area contributed by atoms with E-state index in [-0.39, 0.29) is 0 Å². The molecule has 0 saturated carbocycles. The van der Waals surface area contributed by atoms with E-state index in [2.05, 4.69) is 4.98 Å². The second-order valence-corrected chi connectivity index (χ2v) is 3.39. The van der Waals surface area contributed by atoms with Crippen LogP contribution in [0.2, 0.25) is 0 Å². The van der Waals surface area contributed by atoms with Crippen molar-refractivity contribution in [2.24, 2.45) is 5.73 Å². The monoisotopic (exact) mass is 218 g/mol. The van der Waals surface area contributed by atoms with Crippen molar-refractivity contribution in [3.63, 3.8) is 0 Å². The Hall–Kier alpha value is -1.81. The van der Waals surface area contributed by atoms with Crippen molar-refractivity contribution in [2.45, 2.75) is 6.54 Å². The molecule has 0 atom stereocenters. The lowest BCUT2D eigenvalue weighted by atomic mass is 10.1. The summed E-state index contributed by atoms with van der Waals surface area (Å²) >= 11 is 0. The molecule has 2 aromatic rings. The predicted molar refractivity (Wildman–Crippen MR) is 62.7 cm³/mol. The van der Waals surface area contributed by atoms with E-state index in [9.17, 15) is 0 Å². The fraction of sp³-hybridized carbons (Fsp3) is 0.250. The summed E-state index contributed by atoms with van der Waals surface area (Å²) in [5, 5.41) is 1.00. The minimum Gasteiger partial charge on any atom is -0.494 e. The molecule has 0 aliphatic carbocycles. The Balaban J connectivity index is 2.72. The minimum atomic E-state index is 0.406. The van der Waals surface area contributed by atoms with Gasteiger partial charge >= 0.3 is 0 Å². The maximum Gasteiger partial charge on any atom is 0.218 e. The number of para-hydroxylation sites is 1. The molecule has 1 aromatic heterocycles. The van der Waals surface area contributed by atoms with E-state index in [1.165, 1.54) is 0 Å². The molecule has 84 valence electrons. The van der Waals surface area contributed by atoms with E-state index < -0.39 is 0 Å². The number of ether oxygens (including phenoxy) is 2. The summed E-state index contributed by atoms with van der Waals surface area (Å²) in [7, 11) is 3.21. The molecule has 0 amide bonds. The zero-order valence-electron chi connectivity index (χ0n) is 9.36. The Kier molecular flexibility index (Phi) is 2.92. The second-order valence-electron chi connectivity index (χ2n) is 3.39. The zero-order chi connectivity index (χ0) is 11.5. The van der Waals surface area contributed by atoms with E-state index in [0.717, 1.165) is 22.2 Å². The van der Waals surface area contributed by atoms with Gasteiger partial charge in [-0.2, -0.15) is 0 Å². The SMILES string of the molecule is COc1nc2c(OC)cccc2cc1CN. The van der Waals surface area contributed by atoms with Crippen LogP contribution in [0.25, 0.3) is 10.9 Å². The van der Waals surface area contributed by atoms with Gasteiger partial charge in [0.05, 0.1) is 14.2 Å². The molecule has 0 fully saturated rings. The van der Waals surface area contributed by atoms with Gasteiger partial charge in [0.25, 0.3) is 0 Å². The second kappa shape index (κ2) is 4.37. The van der Waals surface area contributed by atoms with Gasteiger partial charge in [0, 0.05) is 17.5 Å². The number of methoxy groups -OCH3 is 2. The Morgan fingerprint density at radius 3 is 2.69 bits per heavy atom. The van der Waals surface area contributed by atoms with E-state index in [0.29, 0.717) is 12.4 Å². The normalized spacial score (nSPS) is 10.4. The molecule has 0 aliphatic rings. The Bertz CT molecular complexity index is 512. The highest BCUT2D eigenvalue weighted by Gasteiger charge is 2.08. The number of nitrogens with two attached hydrogens (primary N) is 1. The number of fused-ring (bicyclic) bond motifs is 1. The highest BCUT2D eigenvalue weighted by Crippen LogP contribution is 2.28. The largest absolute Gasteiger partial charge is 0.494 e. The lowest BCUT2D eigenvalue weighted by Gasteiger charge is -2.09. The van der Waals surface area contributed by atoms with Crippen LogP contribution in [0.3, 0.4) is 0 Å². The number of rotatable bonds is 3. The van der Waals surface area contributed by atoms with Crippen LogP contribution in [0, 0.1) is 0 Å². The molecule has 4 heteroatoms. The molecule has 4 nitrogen and oxygen atoms in total. The summed E-state index contributed by atoms with van der Waals surface area (Å²) < 4.78 is 10.4. The van der Waals surface area contributed by atoms with E-state index in [1.54, 1.807) is 14.2 Å². The third-order valence-corrected chi connectivity index (χ3v) is 2.48. The molecule has 2 N–H and O–H groups in total. The molecule has 0 spiro atoms. The lowest BCUT2D eigenvalue weighted by molar-refractivity contribution is 0.392. The van der Waals surface area contributed by atoms with Gasteiger partial charge in [-0.25, -0.2) is 4.98 Å². The molecule has 0 aliphatic heterocycles. The molecule has 1 heterocycles. The molecule has 0 bridgehead atoms. The number of hydrogen-bond donors (Lipinski definition) is 1. The summed E-state index contributed by atoms with van der Waals surface area (Å²) in [6.07, 6.45) is 0. The number of pyridine rings is 1. The topological polar surface area (TPSA) is 57.4 Å². The van der Waals surface area contributed by atoms with Crippen molar-refractivity contribution >= 4 is 10.9 Å². The average Bonchev–Trinajstić information content (AvgIpc) is 2.36. The molecular weight excluding hydrogens is 204 g/mol. The average molecular weight is 218 g/mol. The fourth-order valence-electron chi connectivity index (χ4n) is 1.69. The van der Waals surface area contributed by atoms with Gasteiger partial charge in [0.1, 0.15) is 11.3 Å².